The van der Waals surface area contributed by atoms with Crippen molar-refractivity contribution in [3.05, 3.63) is 200 Å². The molecule has 3 heterocycles. The van der Waals surface area contributed by atoms with Crippen LogP contribution >= 0.6 is 0 Å². The highest BCUT2D eigenvalue weighted by Crippen LogP contribution is 2.41. The van der Waals surface area contributed by atoms with Crippen LogP contribution in [-0.2, 0) is 0 Å². The molecule has 0 radical (unpaired) electrons. The second-order valence-corrected chi connectivity index (χ2v) is 14.6. The zero-order valence-electron chi connectivity index (χ0n) is 29.9. The first-order chi connectivity index (χ1) is 27.3. The van der Waals surface area contributed by atoms with E-state index in [0.29, 0.717) is 0 Å². The van der Waals surface area contributed by atoms with Crippen molar-refractivity contribution in [2.75, 3.05) is 0 Å². The molecular formula is C52H33N3. The van der Waals surface area contributed by atoms with Crippen LogP contribution in [0.5, 0.6) is 0 Å². The lowest BCUT2D eigenvalue weighted by atomic mass is 10.0. The minimum atomic E-state index is 1.14. The molecule has 9 aromatic carbocycles. The molecule has 0 spiro atoms. The first-order valence-corrected chi connectivity index (χ1v) is 18.9. The van der Waals surface area contributed by atoms with Gasteiger partial charge in [0.1, 0.15) is 0 Å². The number of rotatable bonds is 4. The van der Waals surface area contributed by atoms with E-state index >= 15 is 0 Å². The molecule has 0 fully saturated rings. The Morgan fingerprint density at radius 2 is 0.727 bits per heavy atom. The molecule has 0 unspecified atom stereocenters. The summed E-state index contributed by atoms with van der Waals surface area (Å²) >= 11 is 0. The molecule has 0 aliphatic carbocycles. The molecule has 12 rings (SSSR count). The third kappa shape index (κ3) is 4.38. The molecule has 3 nitrogen and oxygen atoms in total. The normalized spacial score (nSPS) is 12.0. The number of fused-ring (bicyclic) bond motifs is 11. The number of nitrogens with zero attached hydrogens (tertiary/aromatic N) is 3. The van der Waals surface area contributed by atoms with Crippen LogP contribution in [0.2, 0.25) is 0 Å². The van der Waals surface area contributed by atoms with Gasteiger partial charge in [0.2, 0.25) is 0 Å². The van der Waals surface area contributed by atoms with Gasteiger partial charge in [0.15, 0.2) is 0 Å². The van der Waals surface area contributed by atoms with Gasteiger partial charge < -0.3 is 13.7 Å². The van der Waals surface area contributed by atoms with E-state index in [0.717, 1.165) is 11.4 Å². The van der Waals surface area contributed by atoms with Crippen molar-refractivity contribution in [2.24, 2.45) is 0 Å². The lowest BCUT2D eigenvalue weighted by Crippen LogP contribution is -1.97. The minimum Gasteiger partial charge on any atom is -0.309 e. The van der Waals surface area contributed by atoms with E-state index in [4.69, 9.17) is 0 Å². The average Bonchev–Trinajstić information content (AvgIpc) is 3.89. The fraction of sp³-hybridized carbons (Fsp3) is 0. The molecule has 0 amide bonds. The van der Waals surface area contributed by atoms with Gasteiger partial charge in [-0.2, -0.15) is 0 Å². The molecule has 0 atom stereocenters. The van der Waals surface area contributed by atoms with E-state index in [1.807, 2.05) is 0 Å². The summed E-state index contributed by atoms with van der Waals surface area (Å²) < 4.78 is 7.27. The molecule has 256 valence electrons. The highest BCUT2D eigenvalue weighted by Gasteiger charge is 2.19. The summed E-state index contributed by atoms with van der Waals surface area (Å²) in [5.41, 5.74) is 13.1. The van der Waals surface area contributed by atoms with Crippen molar-refractivity contribution in [3.63, 3.8) is 0 Å². The fourth-order valence-electron chi connectivity index (χ4n) is 9.21. The maximum absolute atomic E-state index is 2.46. The number of para-hydroxylation sites is 4. The minimum absolute atomic E-state index is 1.14. The van der Waals surface area contributed by atoms with Gasteiger partial charge in [0.25, 0.3) is 0 Å². The Hall–Kier alpha value is -7.36. The van der Waals surface area contributed by atoms with Crippen molar-refractivity contribution < 1.29 is 0 Å². The number of benzene rings is 9. The fourth-order valence-corrected chi connectivity index (χ4v) is 9.21. The third-order valence-corrected chi connectivity index (χ3v) is 11.6. The Bertz CT molecular complexity index is 3470. The van der Waals surface area contributed by atoms with E-state index in [2.05, 4.69) is 214 Å². The van der Waals surface area contributed by atoms with E-state index in [1.54, 1.807) is 0 Å². The van der Waals surface area contributed by atoms with Gasteiger partial charge in [0.05, 0.1) is 33.1 Å². The summed E-state index contributed by atoms with van der Waals surface area (Å²) in [6.45, 7) is 0. The van der Waals surface area contributed by atoms with E-state index < -0.39 is 0 Å². The first-order valence-electron chi connectivity index (χ1n) is 18.9. The number of aromatic nitrogens is 3. The van der Waals surface area contributed by atoms with Crippen LogP contribution in [-0.4, -0.2) is 13.7 Å². The van der Waals surface area contributed by atoms with Crippen LogP contribution in [0, 0.1) is 0 Å². The van der Waals surface area contributed by atoms with Crippen LogP contribution in [0.15, 0.2) is 200 Å². The van der Waals surface area contributed by atoms with Crippen molar-refractivity contribution in [1.82, 2.24) is 13.7 Å². The van der Waals surface area contributed by atoms with Crippen molar-refractivity contribution >= 4 is 76.2 Å². The molecule has 0 aliphatic heterocycles. The SMILES string of the molecule is c1ccc(-n2c3ccccc3c3cc(-c4ccc5c6ccccc6n(-c6ccc7c8c9ccccc9ccc8n(-c8ccccc8)c7c6)c5c4)ccc32)cc1. The second-order valence-electron chi connectivity index (χ2n) is 14.6. The zero-order valence-corrected chi connectivity index (χ0v) is 29.9. The number of hydrogen-bond donors (Lipinski definition) is 0. The van der Waals surface area contributed by atoms with Crippen LogP contribution < -0.4 is 0 Å². The third-order valence-electron chi connectivity index (χ3n) is 11.6. The summed E-state index contributed by atoms with van der Waals surface area (Å²) in [4.78, 5) is 0. The van der Waals surface area contributed by atoms with Gasteiger partial charge in [-0.1, -0.05) is 127 Å². The zero-order chi connectivity index (χ0) is 36.0. The predicted molar refractivity (Wildman–Crippen MR) is 232 cm³/mol. The van der Waals surface area contributed by atoms with Crippen molar-refractivity contribution in [2.45, 2.75) is 0 Å². The van der Waals surface area contributed by atoms with Gasteiger partial charge in [-0.05, 0) is 94.7 Å². The molecule has 0 N–H and O–H groups in total. The summed E-state index contributed by atoms with van der Waals surface area (Å²) in [7, 11) is 0. The lowest BCUT2D eigenvalue weighted by Gasteiger charge is -2.12. The first kappa shape index (κ1) is 30.1. The Morgan fingerprint density at radius 1 is 0.236 bits per heavy atom. The molecular weight excluding hydrogens is 667 g/mol. The molecule has 0 aliphatic rings. The monoisotopic (exact) mass is 699 g/mol. The summed E-state index contributed by atoms with van der Waals surface area (Å²) in [5.74, 6) is 0. The Labute approximate surface area is 317 Å². The molecule has 0 saturated carbocycles. The smallest absolute Gasteiger partial charge is 0.0562 e. The quantitative estimate of drug-likeness (QED) is 0.174. The maximum atomic E-state index is 2.46. The molecule has 0 bridgehead atoms. The van der Waals surface area contributed by atoms with Crippen LogP contribution in [0.1, 0.15) is 0 Å². The van der Waals surface area contributed by atoms with Crippen LogP contribution in [0.3, 0.4) is 0 Å². The van der Waals surface area contributed by atoms with E-state index in [9.17, 15) is 0 Å². The Morgan fingerprint density at radius 3 is 1.47 bits per heavy atom. The average molecular weight is 700 g/mol. The van der Waals surface area contributed by atoms with Gasteiger partial charge >= 0.3 is 0 Å². The van der Waals surface area contributed by atoms with Gasteiger partial charge in [0, 0.05) is 49.4 Å². The van der Waals surface area contributed by atoms with Gasteiger partial charge in [-0.15, -0.1) is 0 Å². The highest BCUT2D eigenvalue weighted by atomic mass is 15.0. The topological polar surface area (TPSA) is 14.8 Å². The van der Waals surface area contributed by atoms with E-state index in [1.165, 1.54) is 93.0 Å². The van der Waals surface area contributed by atoms with E-state index in [-0.39, 0.29) is 0 Å². The molecule has 12 aromatic rings. The Kier molecular flexibility index (Phi) is 6.34. The number of hydrogen-bond acceptors (Lipinski definition) is 0. The standard InChI is InChI=1S/C52H33N3/c1-3-14-37(15-4-1)53-47-22-12-10-20-42(47)45-31-35(25-29-48(45)53)36-23-27-43-41-19-9-11-21-46(41)55(50(43)32-36)39-26-28-44-51(33-39)54(38-16-5-2-6-17-38)49-30-24-34-13-7-8-18-40(34)52(44)49/h1-33H. The lowest BCUT2D eigenvalue weighted by molar-refractivity contribution is 1.15. The Balaban J connectivity index is 1.10. The van der Waals surface area contributed by atoms with Gasteiger partial charge in [-0.3, -0.25) is 0 Å². The molecule has 3 aromatic heterocycles. The van der Waals surface area contributed by atoms with Crippen molar-refractivity contribution in [1.29, 1.82) is 0 Å². The second kappa shape index (κ2) is 11.6. The maximum Gasteiger partial charge on any atom is 0.0562 e. The van der Waals surface area contributed by atoms with Crippen LogP contribution in [0.4, 0.5) is 0 Å². The van der Waals surface area contributed by atoms with Gasteiger partial charge in [-0.25, -0.2) is 0 Å². The summed E-state index contributed by atoms with van der Waals surface area (Å²) in [5, 5.41) is 10.1. The summed E-state index contributed by atoms with van der Waals surface area (Å²) in [6.07, 6.45) is 0. The molecule has 3 heteroatoms. The van der Waals surface area contributed by atoms with Crippen LogP contribution in [0.25, 0.3) is 104 Å². The predicted octanol–water partition coefficient (Wildman–Crippen LogP) is 13.8. The molecule has 55 heavy (non-hydrogen) atoms. The van der Waals surface area contributed by atoms with Crippen molar-refractivity contribution in [3.8, 4) is 28.2 Å². The highest BCUT2D eigenvalue weighted by molar-refractivity contribution is 6.22. The molecule has 0 saturated heterocycles. The largest absolute Gasteiger partial charge is 0.309 e. The summed E-state index contributed by atoms with van der Waals surface area (Å²) in [6, 6.07) is 73.2.